The van der Waals surface area contributed by atoms with Crippen molar-refractivity contribution in [1.29, 1.82) is 0 Å². The number of carbonyl (C=O) groups is 2. The Kier molecular flexibility index (Phi) is 5.30. The molecule has 5 heteroatoms. The Morgan fingerprint density at radius 2 is 1.89 bits per heavy atom. The highest BCUT2D eigenvalue weighted by atomic mass is 16.4. The lowest BCUT2D eigenvalue weighted by atomic mass is 10.0. The Bertz CT molecular complexity index is 406. The Balaban J connectivity index is 2.43. The third kappa shape index (κ3) is 4.95. The van der Waals surface area contributed by atoms with Crippen LogP contribution in [0.15, 0.2) is 24.5 Å². The normalized spacial score (nSPS) is 13.7. The van der Waals surface area contributed by atoms with Crippen LogP contribution in [0.4, 0.5) is 0 Å². The number of aliphatic carboxylic acids is 1. The van der Waals surface area contributed by atoms with Gasteiger partial charge in [-0.15, -0.1) is 0 Å². The van der Waals surface area contributed by atoms with Crippen LogP contribution in [0.1, 0.15) is 38.3 Å². The van der Waals surface area contributed by atoms with Gasteiger partial charge >= 0.3 is 5.97 Å². The molecule has 2 atom stereocenters. The molecule has 98 valence electrons. The monoisotopic (exact) mass is 250 g/mol. The molecule has 0 saturated carbocycles. The summed E-state index contributed by atoms with van der Waals surface area (Å²) < 4.78 is 0. The summed E-state index contributed by atoms with van der Waals surface area (Å²) in [6, 6.07) is 3.58. The van der Waals surface area contributed by atoms with Gasteiger partial charge in [-0.05, 0) is 30.5 Å². The van der Waals surface area contributed by atoms with Crippen LogP contribution in [0.2, 0.25) is 0 Å². The fourth-order valence-corrected chi connectivity index (χ4v) is 1.72. The van der Waals surface area contributed by atoms with Crippen LogP contribution in [-0.2, 0) is 9.59 Å². The van der Waals surface area contributed by atoms with Crippen LogP contribution >= 0.6 is 0 Å². The average Bonchev–Trinajstić information content (AvgIpc) is 2.28. The van der Waals surface area contributed by atoms with Crippen molar-refractivity contribution in [3.8, 4) is 0 Å². The molecule has 0 aliphatic carbocycles. The van der Waals surface area contributed by atoms with Crippen molar-refractivity contribution in [1.82, 2.24) is 10.3 Å². The summed E-state index contributed by atoms with van der Waals surface area (Å²) in [7, 11) is 0. The van der Waals surface area contributed by atoms with Crippen molar-refractivity contribution in [3.63, 3.8) is 0 Å². The van der Waals surface area contributed by atoms with Gasteiger partial charge in [0.2, 0.25) is 5.91 Å². The minimum Gasteiger partial charge on any atom is -0.481 e. The summed E-state index contributed by atoms with van der Waals surface area (Å²) in [5, 5.41) is 11.5. The third-order valence-corrected chi connectivity index (χ3v) is 2.64. The molecular weight excluding hydrogens is 232 g/mol. The second-order valence-corrected chi connectivity index (χ2v) is 4.48. The van der Waals surface area contributed by atoms with Crippen molar-refractivity contribution in [3.05, 3.63) is 30.1 Å². The second kappa shape index (κ2) is 6.74. The van der Waals surface area contributed by atoms with E-state index in [0.29, 0.717) is 0 Å². The number of carboxylic acid groups (broad SMARTS) is 1. The molecule has 0 radical (unpaired) electrons. The predicted molar refractivity (Wildman–Crippen MR) is 66.8 cm³/mol. The molecule has 1 rings (SSSR count). The molecule has 0 saturated heterocycles. The fourth-order valence-electron chi connectivity index (χ4n) is 1.72. The van der Waals surface area contributed by atoms with Gasteiger partial charge in [-0.2, -0.15) is 0 Å². The molecular formula is C13H18N2O3. The van der Waals surface area contributed by atoms with E-state index < -0.39 is 5.97 Å². The number of pyridine rings is 1. The van der Waals surface area contributed by atoms with Crippen LogP contribution in [0.5, 0.6) is 0 Å². The lowest BCUT2D eigenvalue weighted by molar-refractivity contribution is -0.138. The molecule has 1 aromatic rings. The van der Waals surface area contributed by atoms with Crippen molar-refractivity contribution in [2.75, 3.05) is 0 Å². The van der Waals surface area contributed by atoms with Crippen molar-refractivity contribution in [2.24, 2.45) is 5.92 Å². The number of carboxylic acids is 1. The van der Waals surface area contributed by atoms with Crippen molar-refractivity contribution < 1.29 is 14.7 Å². The minimum absolute atomic E-state index is 0.0110. The largest absolute Gasteiger partial charge is 0.481 e. The van der Waals surface area contributed by atoms with E-state index >= 15 is 0 Å². The number of hydrogen-bond donors (Lipinski definition) is 2. The van der Waals surface area contributed by atoms with Crippen molar-refractivity contribution >= 4 is 11.9 Å². The van der Waals surface area contributed by atoms with Gasteiger partial charge in [-0.25, -0.2) is 0 Å². The third-order valence-electron chi connectivity index (χ3n) is 2.64. The summed E-state index contributed by atoms with van der Waals surface area (Å²) in [5.41, 5.74) is 0.976. The highest BCUT2D eigenvalue weighted by Crippen LogP contribution is 2.12. The summed E-state index contributed by atoms with van der Waals surface area (Å²) in [5.74, 6) is -1.17. The number of hydrogen-bond acceptors (Lipinski definition) is 3. The molecule has 0 aromatic carbocycles. The maximum absolute atomic E-state index is 11.7. The van der Waals surface area contributed by atoms with E-state index in [4.69, 9.17) is 5.11 Å². The molecule has 1 aromatic heterocycles. The molecule has 0 aliphatic rings. The molecule has 1 unspecified atom stereocenters. The number of nitrogens with zero attached hydrogens (tertiary/aromatic N) is 1. The minimum atomic E-state index is -0.877. The number of rotatable bonds is 6. The Labute approximate surface area is 106 Å². The smallest absolute Gasteiger partial charge is 0.303 e. The van der Waals surface area contributed by atoms with Gasteiger partial charge in [0.05, 0.1) is 6.04 Å². The van der Waals surface area contributed by atoms with Gasteiger partial charge in [-0.1, -0.05) is 6.92 Å². The van der Waals surface area contributed by atoms with Gasteiger partial charge in [0.1, 0.15) is 0 Å². The number of aromatic nitrogens is 1. The van der Waals surface area contributed by atoms with E-state index in [2.05, 4.69) is 10.3 Å². The highest BCUT2D eigenvalue weighted by Gasteiger charge is 2.14. The average molecular weight is 250 g/mol. The predicted octanol–water partition coefficient (Wildman–Crippen LogP) is 1.76. The molecule has 1 heterocycles. The zero-order chi connectivity index (χ0) is 13.5. The van der Waals surface area contributed by atoms with Gasteiger partial charge in [-0.3, -0.25) is 14.6 Å². The van der Waals surface area contributed by atoms with Crippen LogP contribution in [0, 0.1) is 5.92 Å². The van der Waals surface area contributed by atoms with Crippen LogP contribution in [0.25, 0.3) is 0 Å². The first-order valence-corrected chi connectivity index (χ1v) is 5.90. The lowest BCUT2D eigenvalue weighted by Gasteiger charge is -2.15. The Morgan fingerprint density at radius 3 is 2.44 bits per heavy atom. The van der Waals surface area contributed by atoms with Gasteiger partial charge in [0.15, 0.2) is 0 Å². The van der Waals surface area contributed by atoms with E-state index in [1.54, 1.807) is 19.3 Å². The van der Waals surface area contributed by atoms with E-state index in [1.165, 1.54) is 0 Å². The van der Waals surface area contributed by atoms with Crippen LogP contribution in [0.3, 0.4) is 0 Å². The summed E-state index contributed by atoms with van der Waals surface area (Å²) in [6.07, 6.45) is 3.58. The quantitative estimate of drug-likeness (QED) is 0.806. The summed E-state index contributed by atoms with van der Waals surface area (Å²) in [4.78, 5) is 26.1. The maximum atomic E-state index is 11.7. The van der Waals surface area contributed by atoms with Crippen LogP contribution < -0.4 is 5.32 Å². The number of nitrogens with one attached hydrogen (secondary N) is 1. The summed E-state index contributed by atoms with van der Waals surface area (Å²) in [6.45, 7) is 3.64. The van der Waals surface area contributed by atoms with Gasteiger partial charge in [0, 0.05) is 25.2 Å². The fraction of sp³-hybridized carbons (Fsp3) is 0.462. The SMILES string of the molecule is CC(CC(=O)O)CC(=O)N[C@@H](C)c1ccncc1. The number of carbonyl (C=O) groups excluding carboxylic acids is 1. The molecule has 0 spiro atoms. The Hall–Kier alpha value is -1.91. The standard InChI is InChI=1S/C13H18N2O3/c1-9(8-13(17)18)7-12(16)15-10(2)11-3-5-14-6-4-11/h3-6,9-10H,7-8H2,1-2H3,(H,15,16)(H,17,18)/t9?,10-/m0/s1. The zero-order valence-corrected chi connectivity index (χ0v) is 10.6. The molecule has 5 nitrogen and oxygen atoms in total. The molecule has 18 heavy (non-hydrogen) atoms. The lowest BCUT2D eigenvalue weighted by Crippen LogP contribution is -2.28. The second-order valence-electron chi connectivity index (χ2n) is 4.48. The van der Waals surface area contributed by atoms with Gasteiger partial charge in [0.25, 0.3) is 0 Å². The zero-order valence-electron chi connectivity index (χ0n) is 10.6. The first-order chi connectivity index (χ1) is 8.49. The number of amides is 1. The molecule has 0 bridgehead atoms. The summed E-state index contributed by atoms with van der Waals surface area (Å²) >= 11 is 0. The molecule has 0 fully saturated rings. The van der Waals surface area contributed by atoms with E-state index in [0.717, 1.165) is 5.56 Å². The van der Waals surface area contributed by atoms with Crippen LogP contribution in [-0.4, -0.2) is 22.0 Å². The molecule has 1 amide bonds. The van der Waals surface area contributed by atoms with Gasteiger partial charge < -0.3 is 10.4 Å². The van der Waals surface area contributed by atoms with Crippen molar-refractivity contribution in [2.45, 2.75) is 32.7 Å². The molecule has 0 aliphatic heterocycles. The topological polar surface area (TPSA) is 79.3 Å². The highest BCUT2D eigenvalue weighted by molar-refractivity contribution is 5.77. The van der Waals surface area contributed by atoms with E-state index in [9.17, 15) is 9.59 Å². The Morgan fingerprint density at radius 1 is 1.28 bits per heavy atom. The first-order valence-electron chi connectivity index (χ1n) is 5.90. The molecule has 2 N–H and O–H groups in total. The van der Waals surface area contributed by atoms with E-state index in [-0.39, 0.29) is 30.7 Å². The van der Waals surface area contributed by atoms with E-state index in [1.807, 2.05) is 19.1 Å². The maximum Gasteiger partial charge on any atom is 0.303 e. The first kappa shape index (κ1) is 14.2.